The van der Waals surface area contributed by atoms with Crippen molar-refractivity contribution in [2.24, 2.45) is 5.73 Å². The smallest absolute Gasteiger partial charge is 0.320 e. The van der Waals surface area contributed by atoms with Gasteiger partial charge >= 0.3 is 5.97 Å². The van der Waals surface area contributed by atoms with Gasteiger partial charge in [0, 0.05) is 0 Å². The lowest BCUT2D eigenvalue weighted by atomic mass is 10.0. The molecule has 0 aromatic heterocycles. The summed E-state index contributed by atoms with van der Waals surface area (Å²) in [4.78, 5) is 22.0. The minimum Gasteiger partial charge on any atom is -0.482 e. The second kappa shape index (κ2) is 6.10. The molecule has 2 aromatic carbocycles. The highest BCUT2D eigenvalue weighted by molar-refractivity contribution is 5.95. The van der Waals surface area contributed by atoms with Crippen LogP contribution in [0.2, 0.25) is 0 Å². The number of hydrogen-bond donors (Lipinski definition) is 3. The van der Waals surface area contributed by atoms with Crippen LogP contribution in [-0.2, 0) is 16.0 Å². The standard InChI is InChI=1S/C17H16N2O4/c18-13(17(21)22)7-10-1-3-11(4-2-10)12-5-6-14-15(8-12)23-9-16(20)19-14/h1-6,8,13H,7,9,18H2,(H,19,20)(H,21,22)/t13-/m0/s1. The number of fused-ring (bicyclic) bond motifs is 1. The number of amides is 1. The predicted molar refractivity (Wildman–Crippen MR) is 85.3 cm³/mol. The number of aliphatic carboxylic acids is 1. The summed E-state index contributed by atoms with van der Waals surface area (Å²) in [5, 5.41) is 11.6. The van der Waals surface area contributed by atoms with Crippen LogP contribution in [0.3, 0.4) is 0 Å². The quantitative estimate of drug-likeness (QED) is 0.796. The number of hydrogen-bond acceptors (Lipinski definition) is 4. The number of nitrogens with one attached hydrogen (secondary N) is 1. The van der Waals surface area contributed by atoms with Crippen molar-refractivity contribution in [3.8, 4) is 16.9 Å². The summed E-state index contributed by atoms with van der Waals surface area (Å²) in [6, 6.07) is 12.2. The Morgan fingerprint density at radius 1 is 1.22 bits per heavy atom. The second-order valence-corrected chi connectivity index (χ2v) is 5.39. The molecule has 0 radical (unpaired) electrons. The Bertz CT molecular complexity index is 756. The Hall–Kier alpha value is -2.86. The summed E-state index contributed by atoms with van der Waals surface area (Å²) < 4.78 is 5.41. The minimum absolute atomic E-state index is 0.0163. The monoisotopic (exact) mass is 312 g/mol. The Balaban J connectivity index is 1.80. The Labute approximate surface area is 132 Å². The van der Waals surface area contributed by atoms with Crippen molar-refractivity contribution < 1.29 is 19.4 Å². The maximum absolute atomic E-state index is 11.3. The number of ether oxygens (including phenoxy) is 1. The molecule has 0 spiro atoms. The number of carboxylic acids is 1. The molecular weight excluding hydrogens is 296 g/mol. The fourth-order valence-electron chi connectivity index (χ4n) is 2.43. The molecule has 0 saturated carbocycles. The molecular formula is C17H16N2O4. The molecule has 4 N–H and O–H groups in total. The van der Waals surface area contributed by atoms with Gasteiger partial charge in [-0.2, -0.15) is 0 Å². The first-order chi connectivity index (χ1) is 11.0. The number of nitrogens with two attached hydrogens (primary N) is 1. The topological polar surface area (TPSA) is 102 Å². The zero-order valence-corrected chi connectivity index (χ0v) is 12.3. The van der Waals surface area contributed by atoms with Gasteiger partial charge in [-0.25, -0.2) is 0 Å². The van der Waals surface area contributed by atoms with Gasteiger partial charge in [0.1, 0.15) is 11.8 Å². The molecule has 3 rings (SSSR count). The van der Waals surface area contributed by atoms with Gasteiger partial charge in [0.25, 0.3) is 5.91 Å². The Kier molecular flexibility index (Phi) is 3.99. The van der Waals surface area contributed by atoms with Crippen LogP contribution >= 0.6 is 0 Å². The van der Waals surface area contributed by atoms with Gasteiger partial charge in [-0.05, 0) is 35.2 Å². The van der Waals surface area contributed by atoms with E-state index in [0.29, 0.717) is 11.4 Å². The fourth-order valence-corrected chi connectivity index (χ4v) is 2.43. The lowest BCUT2D eigenvalue weighted by Gasteiger charge is -2.18. The van der Waals surface area contributed by atoms with E-state index in [9.17, 15) is 9.59 Å². The van der Waals surface area contributed by atoms with Crippen molar-refractivity contribution in [1.82, 2.24) is 0 Å². The molecule has 1 aliphatic heterocycles. The van der Waals surface area contributed by atoms with Gasteiger partial charge in [-0.1, -0.05) is 30.3 Å². The van der Waals surface area contributed by atoms with E-state index >= 15 is 0 Å². The number of benzene rings is 2. The molecule has 0 unspecified atom stereocenters. The van der Waals surface area contributed by atoms with Crippen LogP contribution in [0.4, 0.5) is 5.69 Å². The first-order valence-electron chi connectivity index (χ1n) is 7.17. The molecule has 0 aliphatic carbocycles. The summed E-state index contributed by atoms with van der Waals surface area (Å²) in [5.74, 6) is -0.536. The van der Waals surface area contributed by atoms with E-state index in [1.807, 2.05) is 36.4 Å². The molecule has 1 heterocycles. The van der Waals surface area contributed by atoms with E-state index in [1.165, 1.54) is 0 Å². The van der Waals surface area contributed by atoms with Crippen LogP contribution in [0.1, 0.15) is 5.56 Å². The number of anilines is 1. The number of carbonyl (C=O) groups is 2. The minimum atomic E-state index is -1.01. The van der Waals surface area contributed by atoms with Crippen molar-refractivity contribution >= 4 is 17.6 Å². The molecule has 0 fully saturated rings. The van der Waals surface area contributed by atoms with Crippen molar-refractivity contribution in [2.75, 3.05) is 11.9 Å². The third-order valence-corrected chi connectivity index (χ3v) is 3.67. The van der Waals surface area contributed by atoms with Gasteiger partial charge in [0.05, 0.1) is 5.69 Å². The van der Waals surface area contributed by atoms with Gasteiger partial charge in [0.15, 0.2) is 6.61 Å². The van der Waals surface area contributed by atoms with Gasteiger partial charge in [-0.3, -0.25) is 9.59 Å². The normalized spacial score (nSPS) is 14.4. The molecule has 1 atom stereocenters. The SMILES string of the molecule is N[C@@H](Cc1ccc(-c2ccc3c(c2)OCC(=O)N3)cc1)C(=O)O. The third-order valence-electron chi connectivity index (χ3n) is 3.67. The first kappa shape index (κ1) is 15.1. The lowest BCUT2D eigenvalue weighted by molar-refractivity contribution is -0.138. The largest absolute Gasteiger partial charge is 0.482 e. The van der Waals surface area contributed by atoms with E-state index in [4.69, 9.17) is 15.6 Å². The summed E-state index contributed by atoms with van der Waals surface area (Å²) in [7, 11) is 0. The van der Waals surface area contributed by atoms with Crippen molar-refractivity contribution in [3.63, 3.8) is 0 Å². The summed E-state index contributed by atoms with van der Waals surface area (Å²) in [6.45, 7) is 0.0163. The van der Waals surface area contributed by atoms with E-state index in [2.05, 4.69) is 5.32 Å². The van der Waals surface area contributed by atoms with Crippen molar-refractivity contribution in [1.29, 1.82) is 0 Å². The molecule has 0 saturated heterocycles. The Morgan fingerprint density at radius 3 is 2.61 bits per heavy atom. The first-order valence-corrected chi connectivity index (χ1v) is 7.17. The molecule has 6 heteroatoms. The van der Waals surface area contributed by atoms with Crippen molar-refractivity contribution in [2.45, 2.75) is 12.5 Å². The number of carbonyl (C=O) groups excluding carboxylic acids is 1. The van der Waals surface area contributed by atoms with Crippen LogP contribution in [0.15, 0.2) is 42.5 Å². The lowest BCUT2D eigenvalue weighted by Crippen LogP contribution is -2.32. The van der Waals surface area contributed by atoms with E-state index in [0.717, 1.165) is 16.7 Å². The van der Waals surface area contributed by atoms with Crippen molar-refractivity contribution in [3.05, 3.63) is 48.0 Å². The molecule has 6 nitrogen and oxygen atoms in total. The van der Waals surface area contributed by atoms with Crippen LogP contribution < -0.4 is 15.8 Å². The predicted octanol–water partition coefficient (Wildman–Crippen LogP) is 1.64. The summed E-state index contributed by atoms with van der Waals surface area (Å²) in [6.07, 6.45) is 0.287. The van der Waals surface area contributed by atoms with Gasteiger partial charge in [-0.15, -0.1) is 0 Å². The van der Waals surface area contributed by atoms with Crippen LogP contribution in [0.25, 0.3) is 11.1 Å². The maximum Gasteiger partial charge on any atom is 0.320 e. The number of carboxylic acid groups (broad SMARTS) is 1. The summed E-state index contributed by atoms with van der Waals surface area (Å²) >= 11 is 0. The van der Waals surface area contributed by atoms with E-state index < -0.39 is 12.0 Å². The Morgan fingerprint density at radius 2 is 1.91 bits per heavy atom. The maximum atomic E-state index is 11.3. The zero-order chi connectivity index (χ0) is 16.4. The van der Waals surface area contributed by atoms with Gasteiger partial charge < -0.3 is 20.9 Å². The summed E-state index contributed by atoms with van der Waals surface area (Å²) in [5.41, 5.74) is 8.99. The molecule has 0 bridgehead atoms. The van der Waals surface area contributed by atoms with Crippen LogP contribution in [0.5, 0.6) is 5.75 Å². The van der Waals surface area contributed by atoms with E-state index in [1.54, 1.807) is 6.07 Å². The molecule has 118 valence electrons. The third kappa shape index (κ3) is 3.32. The zero-order valence-electron chi connectivity index (χ0n) is 12.3. The van der Waals surface area contributed by atoms with Gasteiger partial charge in [0.2, 0.25) is 0 Å². The highest BCUT2D eigenvalue weighted by Gasteiger charge is 2.16. The average Bonchev–Trinajstić information content (AvgIpc) is 2.55. The molecule has 1 amide bonds. The van der Waals surface area contributed by atoms with Crippen LogP contribution in [0, 0.1) is 0 Å². The fraction of sp³-hybridized carbons (Fsp3) is 0.176. The molecule has 23 heavy (non-hydrogen) atoms. The number of rotatable bonds is 4. The molecule has 1 aliphatic rings. The highest BCUT2D eigenvalue weighted by Crippen LogP contribution is 2.32. The molecule has 2 aromatic rings. The highest BCUT2D eigenvalue weighted by atomic mass is 16.5. The average molecular weight is 312 g/mol. The second-order valence-electron chi connectivity index (χ2n) is 5.39. The van der Waals surface area contributed by atoms with Crippen LogP contribution in [-0.4, -0.2) is 29.6 Å². The van der Waals surface area contributed by atoms with E-state index in [-0.39, 0.29) is 18.9 Å².